The molecule has 0 aromatic rings. The van der Waals surface area contributed by atoms with Gasteiger partial charge < -0.3 is 4.90 Å². The van der Waals surface area contributed by atoms with Gasteiger partial charge in [-0.15, -0.1) is 0 Å². The Morgan fingerprint density at radius 2 is 1.71 bits per heavy atom. The second-order valence-corrected chi connectivity index (χ2v) is 4.28. The highest BCUT2D eigenvalue weighted by Crippen LogP contribution is 2.37. The summed E-state index contributed by atoms with van der Waals surface area (Å²) >= 11 is 0. The van der Waals surface area contributed by atoms with Crippen molar-refractivity contribution in [2.75, 3.05) is 40.8 Å². The summed E-state index contributed by atoms with van der Waals surface area (Å²) < 4.78 is 0. The quantitative estimate of drug-likeness (QED) is 0.492. The van der Waals surface area contributed by atoms with Crippen molar-refractivity contribution in [1.29, 1.82) is 0 Å². The Morgan fingerprint density at radius 1 is 1.21 bits per heavy atom. The summed E-state index contributed by atoms with van der Waals surface area (Å²) in [5, 5.41) is 0. The van der Waals surface area contributed by atoms with Crippen LogP contribution in [0.1, 0.15) is 0 Å². The van der Waals surface area contributed by atoms with Gasteiger partial charge in [0, 0.05) is 26.7 Å². The maximum atomic E-state index is 12.1. The average Bonchev–Trinajstić information content (AvgIpc) is 2.52. The monoisotopic (exact) mass is 195 g/mol. The summed E-state index contributed by atoms with van der Waals surface area (Å²) in [6.07, 6.45) is 0. The van der Waals surface area contributed by atoms with Crippen LogP contribution in [0.5, 0.6) is 0 Å². The van der Waals surface area contributed by atoms with Gasteiger partial charge in [-0.25, -0.2) is 0 Å². The van der Waals surface area contributed by atoms with Crippen LogP contribution in [0.3, 0.4) is 0 Å². The molecule has 0 saturated carbocycles. The number of amides is 1. The Hall–Kier alpha value is -0.870. The van der Waals surface area contributed by atoms with Crippen LogP contribution in [0, 0.1) is 0 Å². The van der Waals surface area contributed by atoms with E-state index in [0.29, 0.717) is 6.54 Å². The molecule has 14 heavy (non-hydrogen) atoms. The number of rotatable bonds is 0. The van der Waals surface area contributed by atoms with Gasteiger partial charge in [0.2, 0.25) is 0 Å². The first-order valence-electron chi connectivity index (χ1n) is 4.87. The third-order valence-electron chi connectivity index (χ3n) is 3.44. The highest BCUT2D eigenvalue weighted by atomic mass is 16.2. The smallest absolute Gasteiger partial charge is 0.262 e. The largest absolute Gasteiger partial charge is 0.339 e. The molecule has 2 fully saturated rings. The van der Waals surface area contributed by atoms with Gasteiger partial charge in [-0.2, -0.15) is 0 Å². The lowest BCUT2D eigenvalue weighted by Gasteiger charge is -2.35. The topological polar surface area (TPSA) is 26.8 Å². The third-order valence-corrected chi connectivity index (χ3v) is 3.44. The van der Waals surface area contributed by atoms with E-state index in [0.717, 1.165) is 18.7 Å². The number of nitrogens with zero attached hydrogens (tertiary/aromatic N) is 3. The van der Waals surface area contributed by atoms with Crippen LogP contribution in [0.25, 0.3) is 0 Å². The fourth-order valence-corrected chi connectivity index (χ4v) is 2.67. The van der Waals surface area contributed by atoms with E-state index in [9.17, 15) is 4.79 Å². The van der Waals surface area contributed by atoms with Gasteiger partial charge in [0.15, 0.2) is 5.66 Å². The van der Waals surface area contributed by atoms with Gasteiger partial charge in [0.1, 0.15) is 0 Å². The van der Waals surface area contributed by atoms with Crippen LogP contribution in [0.4, 0.5) is 0 Å². The van der Waals surface area contributed by atoms with E-state index in [2.05, 4.69) is 16.4 Å². The zero-order chi connectivity index (χ0) is 10.5. The first kappa shape index (κ1) is 9.68. The molecule has 0 aliphatic carbocycles. The highest BCUT2D eigenvalue weighted by molar-refractivity contribution is 5.93. The first-order chi connectivity index (χ1) is 6.51. The molecule has 0 atom stereocenters. The van der Waals surface area contributed by atoms with Crippen molar-refractivity contribution in [3.05, 3.63) is 12.2 Å². The fourth-order valence-electron chi connectivity index (χ4n) is 2.67. The Balaban J connectivity index is 2.47. The maximum absolute atomic E-state index is 12.1. The Bertz CT molecular complexity index is 290. The third kappa shape index (κ3) is 0.875. The van der Waals surface area contributed by atoms with Crippen LogP contribution in [0.15, 0.2) is 12.2 Å². The molecule has 0 aromatic carbocycles. The number of carbonyl (C=O) groups excluding carboxylic acids is 1. The SMILES string of the molecule is C=C1CN(C)C(=O)C12N(C)CCN2C. The highest BCUT2D eigenvalue weighted by Gasteiger charge is 2.57. The second kappa shape index (κ2) is 2.81. The zero-order valence-corrected chi connectivity index (χ0v) is 9.08. The first-order valence-corrected chi connectivity index (χ1v) is 4.87. The predicted molar refractivity (Wildman–Crippen MR) is 54.8 cm³/mol. The number of carbonyl (C=O) groups is 1. The molecule has 1 amide bonds. The summed E-state index contributed by atoms with van der Waals surface area (Å²) in [6, 6.07) is 0. The van der Waals surface area contributed by atoms with E-state index in [1.807, 2.05) is 21.1 Å². The molecule has 2 aliphatic rings. The van der Waals surface area contributed by atoms with E-state index in [1.165, 1.54) is 0 Å². The molecule has 78 valence electrons. The van der Waals surface area contributed by atoms with Gasteiger partial charge in [-0.05, 0) is 19.7 Å². The van der Waals surface area contributed by atoms with Crippen LogP contribution in [0.2, 0.25) is 0 Å². The van der Waals surface area contributed by atoms with Crippen molar-refractivity contribution in [1.82, 2.24) is 14.7 Å². The minimum absolute atomic E-state index is 0.157. The number of likely N-dealkylation sites (N-methyl/N-ethyl adjacent to an activating group) is 3. The Labute approximate surface area is 84.8 Å². The van der Waals surface area contributed by atoms with E-state index in [4.69, 9.17) is 0 Å². The lowest BCUT2D eigenvalue weighted by atomic mass is 10.0. The molecule has 0 bridgehead atoms. The molecule has 2 heterocycles. The van der Waals surface area contributed by atoms with E-state index in [1.54, 1.807) is 4.90 Å². The predicted octanol–water partition coefficient (Wildman–Crippen LogP) is -0.412. The Morgan fingerprint density at radius 3 is 2.07 bits per heavy atom. The summed E-state index contributed by atoms with van der Waals surface area (Å²) in [6.45, 7) is 6.57. The fraction of sp³-hybridized carbons (Fsp3) is 0.700. The van der Waals surface area contributed by atoms with Crippen molar-refractivity contribution in [3.63, 3.8) is 0 Å². The summed E-state index contributed by atoms with van der Waals surface area (Å²) in [7, 11) is 5.82. The summed E-state index contributed by atoms with van der Waals surface area (Å²) in [5.74, 6) is 0.157. The molecule has 2 saturated heterocycles. The molecule has 0 N–H and O–H groups in total. The van der Waals surface area contributed by atoms with Crippen LogP contribution < -0.4 is 0 Å². The molecule has 0 aromatic heterocycles. The van der Waals surface area contributed by atoms with Gasteiger partial charge in [0.25, 0.3) is 5.91 Å². The molecule has 1 spiro atoms. The van der Waals surface area contributed by atoms with E-state index < -0.39 is 5.66 Å². The number of hydrogen-bond acceptors (Lipinski definition) is 3. The molecule has 2 aliphatic heterocycles. The number of hydrogen-bond donors (Lipinski definition) is 0. The Kier molecular flexibility index (Phi) is 1.94. The van der Waals surface area contributed by atoms with Crippen molar-refractivity contribution in [3.8, 4) is 0 Å². The standard InChI is InChI=1S/C10H17N3O/c1-8-7-11(2)9(14)10(8)12(3)5-6-13(10)4/h1,5-7H2,2-4H3. The van der Waals surface area contributed by atoms with E-state index in [-0.39, 0.29) is 5.91 Å². The summed E-state index contributed by atoms with van der Waals surface area (Å²) in [5.41, 5.74) is 0.446. The van der Waals surface area contributed by atoms with Crippen molar-refractivity contribution in [2.24, 2.45) is 0 Å². The normalized spacial score (nSPS) is 28.4. The van der Waals surface area contributed by atoms with Gasteiger partial charge in [0.05, 0.1) is 0 Å². The van der Waals surface area contributed by atoms with Crippen LogP contribution in [-0.4, -0.2) is 67.0 Å². The average molecular weight is 195 g/mol. The van der Waals surface area contributed by atoms with Crippen LogP contribution >= 0.6 is 0 Å². The van der Waals surface area contributed by atoms with Gasteiger partial charge >= 0.3 is 0 Å². The van der Waals surface area contributed by atoms with Gasteiger partial charge in [-0.1, -0.05) is 6.58 Å². The minimum Gasteiger partial charge on any atom is -0.339 e. The molecule has 4 nitrogen and oxygen atoms in total. The zero-order valence-electron chi connectivity index (χ0n) is 9.08. The van der Waals surface area contributed by atoms with Crippen molar-refractivity contribution in [2.45, 2.75) is 5.66 Å². The van der Waals surface area contributed by atoms with Crippen molar-refractivity contribution < 1.29 is 4.79 Å². The van der Waals surface area contributed by atoms with Gasteiger partial charge in [-0.3, -0.25) is 14.6 Å². The maximum Gasteiger partial charge on any atom is 0.262 e. The second-order valence-electron chi connectivity index (χ2n) is 4.28. The lowest BCUT2D eigenvalue weighted by molar-refractivity contribution is -0.139. The molecule has 0 unspecified atom stereocenters. The van der Waals surface area contributed by atoms with Crippen LogP contribution in [-0.2, 0) is 4.79 Å². The lowest BCUT2D eigenvalue weighted by Crippen LogP contribution is -2.56. The molecular weight excluding hydrogens is 178 g/mol. The molecule has 2 rings (SSSR count). The molecule has 4 heteroatoms. The summed E-state index contributed by atoms with van der Waals surface area (Å²) in [4.78, 5) is 18.1. The van der Waals surface area contributed by atoms with E-state index >= 15 is 0 Å². The molecular formula is C10H17N3O. The van der Waals surface area contributed by atoms with Crippen molar-refractivity contribution >= 4 is 5.91 Å². The molecule has 0 radical (unpaired) electrons. The minimum atomic E-state index is -0.547. The number of likely N-dealkylation sites (tertiary alicyclic amines) is 1.